The summed E-state index contributed by atoms with van der Waals surface area (Å²) in [6.07, 6.45) is 1.65. The number of anilines is 1. The van der Waals surface area contributed by atoms with E-state index in [4.69, 9.17) is 5.11 Å². The summed E-state index contributed by atoms with van der Waals surface area (Å²) in [4.78, 5) is 23.3. The van der Waals surface area contributed by atoms with Gasteiger partial charge in [0.15, 0.2) is 0 Å². The molecule has 0 aliphatic heterocycles. The molecule has 0 atom stereocenters. The van der Waals surface area contributed by atoms with Crippen LogP contribution in [0.3, 0.4) is 0 Å². The molecule has 0 spiro atoms. The number of carboxylic acids is 1. The molecule has 96 valence electrons. The lowest BCUT2D eigenvalue weighted by Crippen LogP contribution is -2.26. The lowest BCUT2D eigenvalue weighted by Gasteiger charge is -2.21. The summed E-state index contributed by atoms with van der Waals surface area (Å²) in [5, 5.41) is 9.77. The molecule has 0 saturated heterocycles. The van der Waals surface area contributed by atoms with Crippen LogP contribution < -0.4 is 4.90 Å². The molecule has 0 radical (unpaired) electrons. The maximum atomic E-state index is 10.7. The van der Waals surface area contributed by atoms with E-state index in [1.54, 1.807) is 11.3 Å². The molecule has 0 bridgehead atoms. The number of aryl methyl sites for hydroxylation is 1. The number of fused-ring (bicyclic) bond motifs is 1. The predicted octanol–water partition coefficient (Wildman–Crippen LogP) is 2.30. The molecular weight excluding hydrogens is 250 g/mol. The van der Waals surface area contributed by atoms with Crippen LogP contribution in [0.15, 0.2) is 12.4 Å². The molecular formula is C12H15N3O2S. The highest BCUT2D eigenvalue weighted by atomic mass is 32.1. The monoisotopic (exact) mass is 265 g/mol. The van der Waals surface area contributed by atoms with Gasteiger partial charge in [-0.25, -0.2) is 9.97 Å². The molecule has 2 aromatic rings. The summed E-state index contributed by atoms with van der Waals surface area (Å²) in [6, 6.07) is 2.05. The number of aliphatic carboxylic acids is 1. The zero-order valence-electron chi connectivity index (χ0n) is 10.4. The summed E-state index contributed by atoms with van der Waals surface area (Å²) in [5.74, 6) is 0.0355. The number of carbonyl (C=O) groups is 1. The zero-order valence-corrected chi connectivity index (χ0v) is 11.2. The van der Waals surface area contributed by atoms with Gasteiger partial charge in [-0.05, 0) is 19.9 Å². The lowest BCUT2D eigenvalue weighted by atomic mass is 10.3. The van der Waals surface area contributed by atoms with E-state index in [0.717, 1.165) is 22.6 Å². The molecule has 0 saturated carbocycles. The van der Waals surface area contributed by atoms with Crippen LogP contribution in [-0.2, 0) is 4.79 Å². The van der Waals surface area contributed by atoms with Crippen molar-refractivity contribution in [2.45, 2.75) is 20.3 Å². The van der Waals surface area contributed by atoms with Crippen LogP contribution in [0.5, 0.6) is 0 Å². The predicted molar refractivity (Wildman–Crippen MR) is 72.3 cm³/mol. The molecule has 2 rings (SSSR count). The van der Waals surface area contributed by atoms with Gasteiger partial charge < -0.3 is 10.0 Å². The number of hydrogen-bond acceptors (Lipinski definition) is 5. The first-order valence-corrected chi connectivity index (χ1v) is 6.61. The molecule has 0 aromatic carbocycles. The molecule has 0 amide bonds. The van der Waals surface area contributed by atoms with Crippen molar-refractivity contribution < 1.29 is 9.90 Å². The summed E-state index contributed by atoms with van der Waals surface area (Å²) in [5.41, 5.74) is 0. The Morgan fingerprint density at radius 2 is 2.28 bits per heavy atom. The summed E-state index contributed by atoms with van der Waals surface area (Å²) in [6.45, 7) is 5.22. The second-order valence-electron chi connectivity index (χ2n) is 4.00. The Kier molecular flexibility index (Phi) is 3.76. The molecule has 0 aliphatic carbocycles. The molecule has 2 heterocycles. The van der Waals surface area contributed by atoms with E-state index < -0.39 is 5.97 Å². The van der Waals surface area contributed by atoms with Crippen LogP contribution in [0.2, 0.25) is 0 Å². The van der Waals surface area contributed by atoms with Crippen LogP contribution in [0.4, 0.5) is 5.82 Å². The van der Waals surface area contributed by atoms with Crippen LogP contribution in [0.1, 0.15) is 18.2 Å². The first kappa shape index (κ1) is 12.8. The smallest absolute Gasteiger partial charge is 0.305 e. The average Bonchev–Trinajstić information content (AvgIpc) is 2.70. The normalized spacial score (nSPS) is 10.8. The van der Waals surface area contributed by atoms with Crippen molar-refractivity contribution in [1.29, 1.82) is 0 Å². The fourth-order valence-electron chi connectivity index (χ4n) is 1.86. The van der Waals surface area contributed by atoms with Crippen molar-refractivity contribution in [1.82, 2.24) is 9.97 Å². The number of aromatic nitrogens is 2. The highest BCUT2D eigenvalue weighted by Gasteiger charge is 2.13. The molecule has 5 nitrogen and oxygen atoms in total. The van der Waals surface area contributed by atoms with Crippen LogP contribution in [0, 0.1) is 6.92 Å². The quantitative estimate of drug-likeness (QED) is 0.898. The summed E-state index contributed by atoms with van der Waals surface area (Å²) >= 11 is 1.62. The zero-order chi connectivity index (χ0) is 13.1. The van der Waals surface area contributed by atoms with Gasteiger partial charge in [-0.1, -0.05) is 0 Å². The van der Waals surface area contributed by atoms with E-state index in [1.165, 1.54) is 11.2 Å². The first-order chi connectivity index (χ1) is 8.61. The number of nitrogens with zero attached hydrogens (tertiary/aromatic N) is 3. The van der Waals surface area contributed by atoms with Crippen LogP contribution >= 0.6 is 11.3 Å². The highest BCUT2D eigenvalue weighted by molar-refractivity contribution is 7.18. The van der Waals surface area contributed by atoms with Crippen molar-refractivity contribution in [3.05, 3.63) is 17.3 Å². The molecule has 18 heavy (non-hydrogen) atoms. The van der Waals surface area contributed by atoms with Crippen LogP contribution in [0.25, 0.3) is 10.2 Å². The van der Waals surface area contributed by atoms with Gasteiger partial charge in [-0.3, -0.25) is 4.79 Å². The molecule has 2 aromatic heterocycles. The summed E-state index contributed by atoms with van der Waals surface area (Å²) < 4.78 is 0. The van der Waals surface area contributed by atoms with Crippen molar-refractivity contribution in [2.75, 3.05) is 18.0 Å². The fraction of sp³-hybridized carbons (Fsp3) is 0.417. The Labute approximate surface area is 109 Å². The Hall–Kier alpha value is -1.69. The third-order valence-electron chi connectivity index (χ3n) is 2.71. The largest absolute Gasteiger partial charge is 0.481 e. The minimum atomic E-state index is -0.791. The molecule has 6 heteroatoms. The second kappa shape index (κ2) is 5.30. The number of thiophene rings is 1. The van der Waals surface area contributed by atoms with Gasteiger partial charge in [-0.2, -0.15) is 0 Å². The Balaban J connectivity index is 2.35. The minimum Gasteiger partial charge on any atom is -0.481 e. The second-order valence-corrected chi connectivity index (χ2v) is 5.23. The number of rotatable bonds is 5. The third kappa shape index (κ3) is 2.59. The lowest BCUT2D eigenvalue weighted by molar-refractivity contribution is -0.136. The Bertz CT molecular complexity index is 567. The van der Waals surface area contributed by atoms with E-state index in [1.807, 2.05) is 18.7 Å². The van der Waals surface area contributed by atoms with E-state index >= 15 is 0 Å². The third-order valence-corrected chi connectivity index (χ3v) is 3.67. The SMILES string of the molecule is CCN(CCC(=O)O)c1ncnc2sc(C)cc12. The standard InChI is InChI=1S/C12H15N3O2S/c1-3-15(5-4-10(16)17)11-9-6-8(2)18-12(9)14-7-13-11/h6-7H,3-5H2,1-2H3,(H,16,17). The van der Waals surface area contributed by atoms with Gasteiger partial charge in [0.2, 0.25) is 0 Å². The van der Waals surface area contributed by atoms with E-state index in [-0.39, 0.29) is 6.42 Å². The number of carboxylic acid groups (broad SMARTS) is 1. The van der Waals surface area contributed by atoms with Gasteiger partial charge in [0, 0.05) is 18.0 Å². The van der Waals surface area contributed by atoms with Crippen molar-refractivity contribution >= 4 is 33.3 Å². The number of hydrogen-bond donors (Lipinski definition) is 1. The maximum absolute atomic E-state index is 10.7. The van der Waals surface area contributed by atoms with Gasteiger partial charge in [0.05, 0.1) is 11.8 Å². The van der Waals surface area contributed by atoms with Crippen molar-refractivity contribution in [2.24, 2.45) is 0 Å². The molecule has 0 fully saturated rings. The topological polar surface area (TPSA) is 66.3 Å². The van der Waals surface area contributed by atoms with E-state index in [9.17, 15) is 4.79 Å². The average molecular weight is 265 g/mol. The first-order valence-electron chi connectivity index (χ1n) is 5.79. The van der Waals surface area contributed by atoms with Gasteiger partial charge in [0.25, 0.3) is 0 Å². The highest BCUT2D eigenvalue weighted by Crippen LogP contribution is 2.29. The molecule has 1 N–H and O–H groups in total. The molecule has 0 aliphatic rings. The van der Waals surface area contributed by atoms with Crippen molar-refractivity contribution in [3.63, 3.8) is 0 Å². The van der Waals surface area contributed by atoms with Gasteiger partial charge in [-0.15, -0.1) is 11.3 Å². The summed E-state index contributed by atoms with van der Waals surface area (Å²) in [7, 11) is 0. The van der Waals surface area contributed by atoms with Gasteiger partial charge in [0.1, 0.15) is 17.0 Å². The molecule has 0 unspecified atom stereocenters. The Morgan fingerprint density at radius 1 is 1.50 bits per heavy atom. The maximum Gasteiger partial charge on any atom is 0.305 e. The van der Waals surface area contributed by atoms with Gasteiger partial charge >= 0.3 is 5.97 Å². The van der Waals surface area contributed by atoms with Crippen molar-refractivity contribution in [3.8, 4) is 0 Å². The Morgan fingerprint density at radius 3 is 2.94 bits per heavy atom. The fourth-order valence-corrected chi connectivity index (χ4v) is 2.70. The van der Waals surface area contributed by atoms with Crippen LogP contribution in [-0.4, -0.2) is 34.1 Å². The van der Waals surface area contributed by atoms with E-state index in [0.29, 0.717) is 6.54 Å². The van der Waals surface area contributed by atoms with E-state index in [2.05, 4.69) is 16.0 Å². The minimum absolute atomic E-state index is 0.114.